The smallest absolute Gasteiger partial charge is 0.244 e. The molecule has 0 saturated heterocycles. The van der Waals surface area contributed by atoms with Crippen LogP contribution in [0.25, 0.3) is 0 Å². The number of aryl methyl sites for hydroxylation is 1. The molecule has 1 aromatic heterocycles. The van der Waals surface area contributed by atoms with Gasteiger partial charge in [-0.3, -0.25) is 0 Å². The summed E-state index contributed by atoms with van der Waals surface area (Å²) in [6, 6.07) is 1.17. The van der Waals surface area contributed by atoms with Crippen LogP contribution in [0.2, 0.25) is 0 Å². The minimum Gasteiger partial charge on any atom is -0.462 e. The summed E-state index contributed by atoms with van der Waals surface area (Å²) in [5.41, 5.74) is 0. The molecule has 6 nitrogen and oxygen atoms in total. The molecular formula is C13H24N2O4S. The van der Waals surface area contributed by atoms with Gasteiger partial charge < -0.3 is 14.4 Å². The highest BCUT2D eigenvalue weighted by atomic mass is 32.2. The lowest BCUT2D eigenvalue weighted by molar-refractivity contribution is 0.244. The number of furan rings is 1. The Bertz CT molecular complexity index is 535. The van der Waals surface area contributed by atoms with E-state index in [1.165, 1.54) is 6.07 Å². The van der Waals surface area contributed by atoms with Gasteiger partial charge in [0.15, 0.2) is 0 Å². The number of hydrogen-bond acceptors (Lipinski definition) is 5. The Hall–Kier alpha value is -0.890. The molecule has 1 rings (SSSR count). The SMILES string of the molecule is Cc1oc(CO)cc1S(=O)(=O)NC(CN(C)C)C(C)C. The summed E-state index contributed by atoms with van der Waals surface area (Å²) in [6.45, 7) is 5.81. The van der Waals surface area contributed by atoms with Gasteiger partial charge in [0.25, 0.3) is 0 Å². The quantitative estimate of drug-likeness (QED) is 0.783. The van der Waals surface area contributed by atoms with Gasteiger partial charge in [0.2, 0.25) is 10.0 Å². The Morgan fingerprint density at radius 2 is 2.00 bits per heavy atom. The maximum Gasteiger partial charge on any atom is 0.244 e. The molecule has 0 aliphatic rings. The molecule has 0 fully saturated rings. The second-order valence-corrected chi connectivity index (χ2v) is 7.21. The van der Waals surface area contributed by atoms with E-state index in [0.29, 0.717) is 6.54 Å². The van der Waals surface area contributed by atoms with Gasteiger partial charge in [-0.15, -0.1) is 0 Å². The standard InChI is InChI=1S/C13H24N2O4S/c1-9(2)12(7-15(4)5)14-20(17,18)13-6-11(8-16)19-10(13)3/h6,9,12,14,16H,7-8H2,1-5H3. The number of likely N-dealkylation sites (N-methyl/N-ethyl adjacent to an activating group) is 1. The molecule has 0 aliphatic carbocycles. The first-order valence-corrected chi connectivity index (χ1v) is 8.03. The minimum atomic E-state index is -3.65. The van der Waals surface area contributed by atoms with Gasteiger partial charge in [-0.25, -0.2) is 13.1 Å². The number of nitrogens with zero attached hydrogens (tertiary/aromatic N) is 1. The predicted octanol–water partition coefficient (Wildman–Crippen LogP) is 0.945. The minimum absolute atomic E-state index is 0.0888. The van der Waals surface area contributed by atoms with Crippen molar-refractivity contribution in [2.24, 2.45) is 5.92 Å². The fraction of sp³-hybridized carbons (Fsp3) is 0.692. The number of rotatable bonds is 7. The second-order valence-electron chi connectivity index (χ2n) is 5.53. The first kappa shape index (κ1) is 17.2. The maximum atomic E-state index is 12.4. The molecule has 0 radical (unpaired) electrons. The molecule has 0 bridgehead atoms. The highest BCUT2D eigenvalue weighted by Crippen LogP contribution is 2.21. The summed E-state index contributed by atoms with van der Waals surface area (Å²) >= 11 is 0. The molecule has 7 heteroatoms. The van der Waals surface area contributed by atoms with Gasteiger partial charge in [0.05, 0.1) is 0 Å². The monoisotopic (exact) mass is 304 g/mol. The largest absolute Gasteiger partial charge is 0.462 e. The highest BCUT2D eigenvalue weighted by molar-refractivity contribution is 7.89. The van der Waals surface area contributed by atoms with Crippen LogP contribution in [0.4, 0.5) is 0 Å². The van der Waals surface area contributed by atoms with Crippen molar-refractivity contribution < 1.29 is 17.9 Å². The van der Waals surface area contributed by atoms with Gasteiger partial charge >= 0.3 is 0 Å². The number of aliphatic hydroxyl groups is 1. The van der Waals surface area contributed by atoms with Crippen molar-refractivity contribution in [3.8, 4) is 0 Å². The van der Waals surface area contributed by atoms with Crippen molar-refractivity contribution in [3.05, 3.63) is 17.6 Å². The molecule has 0 aromatic carbocycles. The average molecular weight is 304 g/mol. The van der Waals surface area contributed by atoms with E-state index in [2.05, 4.69) is 4.72 Å². The Morgan fingerprint density at radius 1 is 1.40 bits per heavy atom. The third-order valence-electron chi connectivity index (χ3n) is 3.04. The first-order chi connectivity index (χ1) is 9.17. The second kappa shape index (κ2) is 6.71. The zero-order chi connectivity index (χ0) is 15.5. The predicted molar refractivity (Wildman–Crippen MR) is 76.9 cm³/mol. The van der Waals surface area contributed by atoms with E-state index >= 15 is 0 Å². The van der Waals surface area contributed by atoms with Crippen LogP contribution in [0.1, 0.15) is 25.4 Å². The Kier molecular flexibility index (Phi) is 5.76. The van der Waals surface area contributed by atoms with Gasteiger partial charge in [-0.2, -0.15) is 0 Å². The van der Waals surface area contributed by atoms with Crippen LogP contribution in [-0.4, -0.2) is 45.1 Å². The van der Waals surface area contributed by atoms with Crippen LogP contribution in [0, 0.1) is 12.8 Å². The van der Waals surface area contributed by atoms with Gasteiger partial charge in [0, 0.05) is 18.7 Å². The number of nitrogens with one attached hydrogen (secondary N) is 1. The lowest BCUT2D eigenvalue weighted by atomic mass is 10.1. The lowest BCUT2D eigenvalue weighted by Crippen LogP contribution is -2.44. The zero-order valence-electron chi connectivity index (χ0n) is 12.7. The van der Waals surface area contributed by atoms with E-state index in [4.69, 9.17) is 9.52 Å². The van der Waals surface area contributed by atoms with Gasteiger partial charge in [0.1, 0.15) is 23.0 Å². The maximum absolute atomic E-state index is 12.4. The molecular weight excluding hydrogens is 280 g/mol. The Morgan fingerprint density at radius 3 is 2.40 bits per heavy atom. The van der Waals surface area contributed by atoms with Crippen LogP contribution < -0.4 is 4.72 Å². The Balaban J connectivity index is 3.00. The molecule has 0 saturated carbocycles. The molecule has 20 heavy (non-hydrogen) atoms. The molecule has 1 aromatic rings. The number of aliphatic hydroxyl groups excluding tert-OH is 1. The number of sulfonamides is 1. The summed E-state index contributed by atoms with van der Waals surface area (Å²) in [5, 5.41) is 9.01. The lowest BCUT2D eigenvalue weighted by Gasteiger charge is -2.25. The van der Waals surface area contributed by atoms with Crippen LogP contribution in [0.5, 0.6) is 0 Å². The highest BCUT2D eigenvalue weighted by Gasteiger charge is 2.26. The van der Waals surface area contributed by atoms with E-state index in [9.17, 15) is 8.42 Å². The third kappa shape index (κ3) is 4.31. The molecule has 0 amide bonds. The van der Waals surface area contributed by atoms with Crippen molar-refractivity contribution >= 4 is 10.0 Å². The van der Waals surface area contributed by atoms with Crippen molar-refractivity contribution in [3.63, 3.8) is 0 Å². The molecule has 1 atom stereocenters. The van der Waals surface area contributed by atoms with E-state index in [1.54, 1.807) is 6.92 Å². The van der Waals surface area contributed by atoms with Crippen LogP contribution in [0.3, 0.4) is 0 Å². The summed E-state index contributed by atoms with van der Waals surface area (Å²) in [4.78, 5) is 2.03. The summed E-state index contributed by atoms with van der Waals surface area (Å²) in [6.07, 6.45) is 0. The molecule has 2 N–H and O–H groups in total. The first-order valence-electron chi connectivity index (χ1n) is 6.54. The summed E-state index contributed by atoms with van der Waals surface area (Å²) in [5.74, 6) is 0.696. The topological polar surface area (TPSA) is 82.8 Å². The van der Waals surface area contributed by atoms with Crippen LogP contribution >= 0.6 is 0 Å². The number of hydrogen-bond donors (Lipinski definition) is 2. The van der Waals surface area contributed by atoms with E-state index in [-0.39, 0.29) is 35.0 Å². The molecule has 0 aliphatic heterocycles. The zero-order valence-corrected chi connectivity index (χ0v) is 13.5. The third-order valence-corrected chi connectivity index (χ3v) is 4.64. The summed E-state index contributed by atoms with van der Waals surface area (Å²) in [7, 11) is 0.147. The van der Waals surface area contributed by atoms with Crippen LogP contribution in [-0.2, 0) is 16.6 Å². The van der Waals surface area contributed by atoms with Crippen molar-refractivity contribution in [2.75, 3.05) is 20.6 Å². The fourth-order valence-corrected chi connectivity index (χ4v) is 3.49. The fourth-order valence-electron chi connectivity index (χ4n) is 1.91. The van der Waals surface area contributed by atoms with Gasteiger partial charge in [-0.1, -0.05) is 13.8 Å². The van der Waals surface area contributed by atoms with Crippen molar-refractivity contribution in [2.45, 2.75) is 38.3 Å². The Labute approximate surface area is 120 Å². The molecule has 1 unspecified atom stereocenters. The van der Waals surface area contributed by atoms with Crippen molar-refractivity contribution in [1.82, 2.24) is 9.62 Å². The van der Waals surface area contributed by atoms with Crippen LogP contribution in [0.15, 0.2) is 15.4 Å². The van der Waals surface area contributed by atoms with E-state index < -0.39 is 10.0 Å². The summed E-state index contributed by atoms with van der Waals surface area (Å²) < 4.78 is 32.7. The van der Waals surface area contributed by atoms with E-state index in [1.807, 2.05) is 32.8 Å². The molecule has 0 spiro atoms. The van der Waals surface area contributed by atoms with E-state index in [0.717, 1.165) is 0 Å². The molecule has 1 heterocycles. The normalized spacial score (nSPS) is 14.2. The molecule has 116 valence electrons. The van der Waals surface area contributed by atoms with Crippen molar-refractivity contribution in [1.29, 1.82) is 0 Å². The average Bonchev–Trinajstić information content (AvgIpc) is 2.69. The van der Waals surface area contributed by atoms with Gasteiger partial charge in [-0.05, 0) is 26.9 Å².